The largest absolute Gasteiger partial charge is 4.00 e. The molecule has 1 saturated carbocycles. The van der Waals surface area contributed by atoms with Crippen LogP contribution in [0.2, 0.25) is 0 Å². The molecule has 4 heteroatoms. The Hall–Kier alpha value is -3.72. The monoisotopic (exact) mass is 712 g/mol. The smallest absolute Gasteiger partial charge is 0.453 e. The van der Waals surface area contributed by atoms with Crippen molar-refractivity contribution in [3.8, 4) is 11.1 Å². The molecular weight excluding hydrogens is 668 g/mol. The van der Waals surface area contributed by atoms with Gasteiger partial charge in [-0.25, -0.2) is 0 Å². The number of hydrogen-bond acceptors (Lipinski definition) is 2. The summed E-state index contributed by atoms with van der Waals surface area (Å²) in [5.74, 6) is 0. The van der Waals surface area contributed by atoms with E-state index in [1.807, 2.05) is 91.0 Å². The fourth-order valence-electron chi connectivity index (χ4n) is 5.60. The van der Waals surface area contributed by atoms with Crippen LogP contribution in [0.3, 0.4) is 0 Å². The van der Waals surface area contributed by atoms with Gasteiger partial charge in [0.05, 0.1) is 0 Å². The van der Waals surface area contributed by atoms with Gasteiger partial charge in [0.25, 0.3) is 0 Å². The van der Waals surface area contributed by atoms with Crippen LogP contribution >= 0.6 is 11.3 Å². The summed E-state index contributed by atoms with van der Waals surface area (Å²) in [6.07, 6.45) is 6.43. The van der Waals surface area contributed by atoms with E-state index in [4.69, 9.17) is 10.3 Å². The number of benzene rings is 5. The molecular formula is C43H46N2SZr. The molecule has 0 atom stereocenters. The normalized spacial score (nSPS) is 12.1. The van der Waals surface area contributed by atoms with Gasteiger partial charge in [0.2, 0.25) is 0 Å². The summed E-state index contributed by atoms with van der Waals surface area (Å²) in [6, 6.07) is 41.2. The molecule has 1 aliphatic carbocycles. The fourth-order valence-corrected chi connectivity index (χ4v) is 6.53. The minimum atomic E-state index is 0. The van der Waals surface area contributed by atoms with Crippen LogP contribution in [0.4, 0.5) is 5.13 Å². The summed E-state index contributed by atoms with van der Waals surface area (Å²) in [6.45, 7) is 17.7. The standard InChI is InChI=1S/C22H25N2S.3C7H7.Zr/c1-14-12-15(2)20(16(3)13-14)18-10-7-11-19-21(18)24-22(25-19)23-17-8-5-4-6-9-17;3*1-7-5-3-2-4-6-7;/h7,10-13,17H,4-6,8-9H2,1-3H3;3*2-6H,1H2;/q4*-1;+4. The molecule has 1 heterocycles. The quantitative estimate of drug-likeness (QED) is 0.168. The zero-order valence-electron chi connectivity index (χ0n) is 28.1. The molecule has 1 fully saturated rings. The maximum atomic E-state index is 4.96. The van der Waals surface area contributed by atoms with E-state index >= 15 is 0 Å². The van der Waals surface area contributed by atoms with Crippen LogP contribution in [0.15, 0.2) is 121 Å². The number of aromatic nitrogens is 1. The average Bonchev–Trinajstić information content (AvgIpc) is 3.46. The van der Waals surface area contributed by atoms with E-state index in [1.54, 1.807) is 11.3 Å². The first-order valence-electron chi connectivity index (χ1n) is 16.1. The number of fused-ring (bicyclic) bond motifs is 1. The van der Waals surface area contributed by atoms with Crippen LogP contribution in [0.25, 0.3) is 26.7 Å². The minimum Gasteiger partial charge on any atom is -0.453 e. The molecule has 0 spiro atoms. The fraction of sp³-hybridized carbons (Fsp3) is 0.209. The van der Waals surface area contributed by atoms with Crippen LogP contribution in [-0.4, -0.2) is 11.0 Å². The maximum absolute atomic E-state index is 4.96. The summed E-state index contributed by atoms with van der Waals surface area (Å²) in [7, 11) is 0. The van der Waals surface area contributed by atoms with Crippen molar-refractivity contribution < 1.29 is 26.2 Å². The van der Waals surface area contributed by atoms with Crippen LogP contribution in [0.5, 0.6) is 0 Å². The predicted octanol–water partition coefficient (Wildman–Crippen LogP) is 12.8. The zero-order valence-corrected chi connectivity index (χ0v) is 31.4. The van der Waals surface area contributed by atoms with Crippen molar-refractivity contribution in [3.63, 3.8) is 0 Å². The summed E-state index contributed by atoms with van der Waals surface area (Å²) in [5.41, 5.74) is 10.9. The molecule has 47 heavy (non-hydrogen) atoms. The Kier molecular flexibility index (Phi) is 15.9. The molecule has 1 aliphatic rings. The van der Waals surface area contributed by atoms with Crippen molar-refractivity contribution in [2.24, 2.45) is 0 Å². The van der Waals surface area contributed by atoms with Gasteiger partial charge in [0.15, 0.2) is 0 Å². The second-order valence-electron chi connectivity index (χ2n) is 11.8. The Bertz CT molecular complexity index is 1630. The molecule has 0 amide bonds. The van der Waals surface area contributed by atoms with Crippen LogP contribution < -0.4 is 0 Å². The van der Waals surface area contributed by atoms with E-state index in [0.29, 0.717) is 6.04 Å². The van der Waals surface area contributed by atoms with Crippen molar-refractivity contribution in [1.29, 1.82) is 0 Å². The van der Waals surface area contributed by atoms with Gasteiger partial charge in [-0.3, -0.25) is 0 Å². The first kappa shape index (κ1) is 37.7. The molecule has 0 bridgehead atoms. The Morgan fingerprint density at radius 2 is 1.09 bits per heavy atom. The van der Waals surface area contributed by atoms with Crippen molar-refractivity contribution in [3.05, 3.63) is 181 Å². The summed E-state index contributed by atoms with van der Waals surface area (Å²) < 4.78 is 1.24. The molecule has 0 aliphatic heterocycles. The van der Waals surface area contributed by atoms with Crippen LogP contribution in [-0.2, 0) is 26.2 Å². The average molecular weight is 714 g/mol. The first-order chi connectivity index (χ1) is 22.3. The molecule has 5 aromatic carbocycles. The van der Waals surface area contributed by atoms with E-state index < -0.39 is 0 Å². The second kappa shape index (κ2) is 19.8. The summed E-state index contributed by atoms with van der Waals surface area (Å²) >= 11 is 1.74. The molecule has 0 saturated heterocycles. The Labute approximate surface area is 306 Å². The van der Waals surface area contributed by atoms with E-state index in [0.717, 1.165) is 27.3 Å². The number of para-hydroxylation sites is 1. The molecule has 2 nitrogen and oxygen atoms in total. The maximum Gasteiger partial charge on any atom is 4.00 e. The molecule has 7 rings (SSSR count). The summed E-state index contributed by atoms with van der Waals surface area (Å²) in [5, 5.41) is 5.91. The third-order valence-electron chi connectivity index (χ3n) is 7.75. The number of thiazole rings is 1. The molecule has 6 aromatic rings. The molecule has 238 valence electrons. The molecule has 0 radical (unpaired) electrons. The van der Waals surface area contributed by atoms with Gasteiger partial charge >= 0.3 is 26.2 Å². The summed E-state index contributed by atoms with van der Waals surface area (Å²) in [4.78, 5) is 4.94. The number of rotatable bonds is 3. The van der Waals surface area contributed by atoms with Crippen molar-refractivity contribution in [1.82, 2.24) is 4.98 Å². The van der Waals surface area contributed by atoms with Crippen molar-refractivity contribution in [2.75, 3.05) is 0 Å². The van der Waals surface area contributed by atoms with Gasteiger partial charge in [0.1, 0.15) is 0 Å². The Morgan fingerprint density at radius 1 is 0.617 bits per heavy atom. The first-order valence-corrected chi connectivity index (χ1v) is 16.9. The zero-order chi connectivity index (χ0) is 32.7. The SMILES string of the molecule is Cc1cc(C)c(-c2cccc3sc([N-]C4CCCCC4)nc23)c(C)c1.[CH2-]c1ccccc1.[CH2-]c1ccccc1.[CH2-]c1ccccc1.[Zr+4]. The number of nitrogens with zero attached hydrogens (tertiary/aromatic N) is 2. The third kappa shape index (κ3) is 12.4. The van der Waals surface area contributed by atoms with Gasteiger partial charge in [-0.1, -0.05) is 80.1 Å². The Balaban J connectivity index is 0.000000220. The topological polar surface area (TPSA) is 27.0 Å². The van der Waals surface area contributed by atoms with E-state index in [1.165, 1.54) is 64.6 Å². The van der Waals surface area contributed by atoms with Crippen molar-refractivity contribution >= 4 is 26.7 Å². The van der Waals surface area contributed by atoms with Gasteiger partial charge in [-0.05, 0) is 65.8 Å². The van der Waals surface area contributed by atoms with E-state index in [9.17, 15) is 0 Å². The van der Waals surface area contributed by atoms with Gasteiger partial charge in [-0.15, -0.1) is 47.7 Å². The number of aryl methyl sites for hydroxylation is 3. The third-order valence-corrected chi connectivity index (χ3v) is 8.68. The van der Waals surface area contributed by atoms with E-state index in [2.05, 4.69) is 71.9 Å². The molecule has 0 N–H and O–H groups in total. The van der Waals surface area contributed by atoms with Gasteiger partial charge < -0.3 is 10.3 Å². The van der Waals surface area contributed by atoms with Gasteiger partial charge in [0, 0.05) is 4.70 Å². The Morgan fingerprint density at radius 3 is 1.51 bits per heavy atom. The second-order valence-corrected chi connectivity index (χ2v) is 12.8. The molecule has 1 aromatic heterocycles. The van der Waals surface area contributed by atoms with Crippen LogP contribution in [0.1, 0.15) is 65.5 Å². The molecule has 0 unspecified atom stereocenters. The number of hydrogen-bond donors (Lipinski definition) is 0. The predicted molar refractivity (Wildman–Crippen MR) is 202 cm³/mol. The van der Waals surface area contributed by atoms with Crippen molar-refractivity contribution in [2.45, 2.75) is 58.9 Å². The van der Waals surface area contributed by atoms with E-state index in [-0.39, 0.29) is 26.2 Å². The van der Waals surface area contributed by atoms with Crippen LogP contribution in [0, 0.1) is 41.5 Å². The minimum absolute atomic E-state index is 0. The van der Waals surface area contributed by atoms with Gasteiger partial charge in [-0.2, -0.15) is 73.9 Å².